The van der Waals surface area contributed by atoms with Crippen molar-refractivity contribution in [2.45, 2.75) is 12.8 Å². The van der Waals surface area contributed by atoms with E-state index < -0.39 is 21.7 Å². The van der Waals surface area contributed by atoms with Crippen molar-refractivity contribution in [1.82, 2.24) is 0 Å². The molecule has 2 aromatic carbocycles. The lowest BCUT2D eigenvalue weighted by Gasteiger charge is -2.16. The Labute approximate surface area is 137 Å². The summed E-state index contributed by atoms with van der Waals surface area (Å²) in [5, 5.41) is 22.6. The maximum atomic E-state index is 12.4. The van der Waals surface area contributed by atoms with E-state index in [0.29, 0.717) is 0 Å². The Morgan fingerprint density at radius 2 is 1.38 bits per heavy atom. The van der Waals surface area contributed by atoms with E-state index >= 15 is 0 Å². The van der Waals surface area contributed by atoms with Crippen LogP contribution in [-0.4, -0.2) is 22.4 Å². The molecule has 0 spiro atoms. The van der Waals surface area contributed by atoms with E-state index in [9.17, 15) is 25.0 Å². The van der Waals surface area contributed by atoms with Crippen molar-refractivity contribution in [2.24, 2.45) is 0 Å². The van der Waals surface area contributed by atoms with E-state index in [-0.39, 0.29) is 29.1 Å². The highest BCUT2D eigenvalue weighted by Gasteiger charge is 2.34. The summed E-state index contributed by atoms with van der Waals surface area (Å²) in [5.74, 6) is -2.03. The molecule has 0 unspecified atom stereocenters. The molecule has 24 heavy (non-hydrogen) atoms. The highest BCUT2D eigenvalue weighted by atomic mass is 16.6. The number of nitrogens with zero attached hydrogens (tertiary/aromatic N) is 2. The molecule has 0 heterocycles. The van der Waals surface area contributed by atoms with E-state index in [2.05, 4.69) is 0 Å². The zero-order chi connectivity index (χ0) is 17.7. The second kappa shape index (κ2) is 7.32. The van der Waals surface area contributed by atoms with Crippen molar-refractivity contribution in [2.75, 3.05) is 6.61 Å². The zero-order valence-electron chi connectivity index (χ0n) is 12.7. The molecule has 0 radical (unpaired) electrons. The Morgan fingerprint density at radius 3 is 1.75 bits per heavy atom. The van der Waals surface area contributed by atoms with Crippen LogP contribution in [0.2, 0.25) is 0 Å². The van der Waals surface area contributed by atoms with Crippen molar-refractivity contribution in [3.05, 3.63) is 79.9 Å². The fourth-order valence-corrected chi connectivity index (χ4v) is 2.44. The number of ether oxygens (including phenoxy) is 1. The lowest BCUT2D eigenvalue weighted by atomic mass is 9.89. The molecule has 0 atom stereocenters. The molecule has 0 aliphatic carbocycles. The van der Waals surface area contributed by atoms with Crippen LogP contribution in [0.15, 0.2) is 48.5 Å². The molecule has 0 amide bonds. The van der Waals surface area contributed by atoms with Gasteiger partial charge in [-0.05, 0) is 6.92 Å². The number of nitro benzene ring substituents is 2. The normalized spacial score (nSPS) is 10.4. The minimum atomic E-state index is -1.26. The van der Waals surface area contributed by atoms with E-state index in [1.54, 1.807) is 6.92 Å². The third kappa shape index (κ3) is 3.37. The van der Waals surface area contributed by atoms with Crippen molar-refractivity contribution in [3.63, 3.8) is 0 Å². The predicted octanol–water partition coefficient (Wildman–Crippen LogP) is 3.20. The van der Waals surface area contributed by atoms with Gasteiger partial charge in [0.2, 0.25) is 0 Å². The molecule has 0 bridgehead atoms. The van der Waals surface area contributed by atoms with E-state index in [1.165, 1.54) is 48.5 Å². The number of nitro groups is 2. The first kappa shape index (κ1) is 17.1. The SMILES string of the molecule is CCOC(=O)C(c1ccccc1[N+](=O)[O-])c1ccccc1[N+](=O)[O-]. The Kier molecular flexibility index (Phi) is 5.20. The summed E-state index contributed by atoms with van der Waals surface area (Å²) in [7, 11) is 0. The van der Waals surface area contributed by atoms with Gasteiger partial charge in [0, 0.05) is 23.3 Å². The second-order valence-electron chi connectivity index (χ2n) is 4.82. The third-order valence-electron chi connectivity index (χ3n) is 3.41. The molecule has 2 rings (SSSR count). The van der Waals surface area contributed by atoms with Crippen molar-refractivity contribution in [1.29, 1.82) is 0 Å². The van der Waals surface area contributed by atoms with Crippen molar-refractivity contribution < 1.29 is 19.4 Å². The summed E-state index contributed by atoms with van der Waals surface area (Å²) in [5.41, 5.74) is -0.493. The van der Waals surface area contributed by atoms with E-state index in [1.807, 2.05) is 0 Å². The first-order valence-electron chi connectivity index (χ1n) is 7.10. The largest absolute Gasteiger partial charge is 0.465 e. The molecular weight excluding hydrogens is 316 g/mol. The molecule has 0 saturated heterocycles. The van der Waals surface area contributed by atoms with Crippen LogP contribution in [0.25, 0.3) is 0 Å². The van der Waals surface area contributed by atoms with Crippen LogP contribution in [-0.2, 0) is 9.53 Å². The molecule has 0 aromatic heterocycles. The topological polar surface area (TPSA) is 113 Å². The van der Waals surface area contributed by atoms with Gasteiger partial charge >= 0.3 is 5.97 Å². The molecule has 8 heteroatoms. The molecule has 8 nitrogen and oxygen atoms in total. The predicted molar refractivity (Wildman–Crippen MR) is 84.7 cm³/mol. The quantitative estimate of drug-likeness (QED) is 0.456. The van der Waals surface area contributed by atoms with Gasteiger partial charge < -0.3 is 4.74 Å². The highest BCUT2D eigenvalue weighted by Crippen LogP contribution is 2.36. The lowest BCUT2D eigenvalue weighted by Crippen LogP contribution is -2.19. The van der Waals surface area contributed by atoms with E-state index in [4.69, 9.17) is 4.74 Å². The minimum absolute atomic E-state index is 0.0512. The summed E-state index contributed by atoms with van der Waals surface area (Å²) >= 11 is 0. The van der Waals surface area contributed by atoms with Crippen LogP contribution < -0.4 is 0 Å². The van der Waals surface area contributed by atoms with Gasteiger partial charge in [-0.3, -0.25) is 25.0 Å². The smallest absolute Gasteiger partial charge is 0.318 e. The Bertz CT molecular complexity index is 732. The lowest BCUT2D eigenvalue weighted by molar-refractivity contribution is -0.386. The first-order chi connectivity index (χ1) is 11.5. The van der Waals surface area contributed by atoms with Crippen LogP contribution in [0.5, 0.6) is 0 Å². The number of benzene rings is 2. The van der Waals surface area contributed by atoms with E-state index in [0.717, 1.165) is 0 Å². The van der Waals surface area contributed by atoms with Gasteiger partial charge in [0.1, 0.15) is 5.92 Å². The van der Waals surface area contributed by atoms with Crippen LogP contribution in [0.4, 0.5) is 11.4 Å². The number of rotatable bonds is 6. The second-order valence-corrected chi connectivity index (χ2v) is 4.82. The van der Waals surface area contributed by atoms with Crippen LogP contribution in [0.1, 0.15) is 24.0 Å². The number of hydrogen-bond donors (Lipinski definition) is 0. The maximum Gasteiger partial charge on any atom is 0.318 e. The Morgan fingerprint density at radius 1 is 0.958 bits per heavy atom. The summed E-state index contributed by atoms with van der Waals surface area (Å²) < 4.78 is 5.00. The Hall–Kier alpha value is -3.29. The molecule has 0 aliphatic rings. The average Bonchev–Trinajstić information content (AvgIpc) is 2.56. The summed E-state index contributed by atoms with van der Waals surface area (Å²) in [4.78, 5) is 33.7. The van der Waals surface area contributed by atoms with Gasteiger partial charge in [-0.15, -0.1) is 0 Å². The number of carbonyl (C=O) groups is 1. The fourth-order valence-electron chi connectivity index (χ4n) is 2.44. The summed E-state index contributed by atoms with van der Waals surface area (Å²) in [6, 6.07) is 11.3. The summed E-state index contributed by atoms with van der Waals surface area (Å²) in [6.07, 6.45) is 0. The Balaban J connectivity index is 2.71. The minimum Gasteiger partial charge on any atom is -0.465 e. The van der Waals surface area contributed by atoms with Gasteiger partial charge in [-0.1, -0.05) is 36.4 Å². The van der Waals surface area contributed by atoms with Crippen molar-refractivity contribution in [3.8, 4) is 0 Å². The molecule has 2 aromatic rings. The average molecular weight is 330 g/mol. The van der Waals surface area contributed by atoms with Crippen LogP contribution in [0, 0.1) is 20.2 Å². The van der Waals surface area contributed by atoms with Crippen LogP contribution in [0.3, 0.4) is 0 Å². The monoisotopic (exact) mass is 330 g/mol. The molecule has 0 saturated carbocycles. The van der Waals surface area contributed by atoms with Gasteiger partial charge in [-0.2, -0.15) is 0 Å². The molecule has 0 fully saturated rings. The van der Waals surface area contributed by atoms with Gasteiger partial charge in [0.15, 0.2) is 0 Å². The first-order valence-corrected chi connectivity index (χ1v) is 7.10. The number of hydrogen-bond acceptors (Lipinski definition) is 6. The molecular formula is C16H14N2O6. The zero-order valence-corrected chi connectivity index (χ0v) is 12.7. The molecule has 0 aliphatic heterocycles. The fraction of sp³-hybridized carbons (Fsp3) is 0.188. The highest BCUT2D eigenvalue weighted by molar-refractivity contribution is 5.85. The van der Waals surface area contributed by atoms with Crippen LogP contribution >= 0.6 is 0 Å². The van der Waals surface area contributed by atoms with Crippen molar-refractivity contribution >= 4 is 17.3 Å². The van der Waals surface area contributed by atoms with Gasteiger partial charge in [0.05, 0.1) is 16.5 Å². The molecule has 124 valence electrons. The standard InChI is InChI=1S/C16H14N2O6/c1-2-24-16(19)15(11-7-3-5-9-13(11)17(20)21)12-8-4-6-10-14(12)18(22)23/h3-10,15H,2H2,1H3. The number of para-hydroxylation sites is 2. The maximum absolute atomic E-state index is 12.4. The van der Waals surface area contributed by atoms with Gasteiger partial charge in [0.25, 0.3) is 11.4 Å². The van der Waals surface area contributed by atoms with Gasteiger partial charge in [-0.25, -0.2) is 0 Å². The third-order valence-corrected chi connectivity index (χ3v) is 3.41. The summed E-state index contributed by atoms with van der Waals surface area (Å²) in [6.45, 7) is 1.64. The molecule has 0 N–H and O–H groups in total. The number of esters is 1. The number of carbonyl (C=O) groups excluding carboxylic acids is 1.